The molecule has 0 aliphatic carbocycles. The lowest BCUT2D eigenvalue weighted by Gasteiger charge is -2.36. The largest absolute Gasteiger partial charge is 0.394 e. The number of fused-ring (bicyclic) bond motifs is 1. The molecule has 1 aliphatic rings. The number of amides is 1. The van der Waals surface area contributed by atoms with Crippen LogP contribution in [-0.4, -0.2) is 41.4 Å². The highest BCUT2D eigenvalue weighted by molar-refractivity contribution is 7.22. The van der Waals surface area contributed by atoms with Crippen LogP contribution in [0.4, 0.5) is 5.13 Å². The summed E-state index contributed by atoms with van der Waals surface area (Å²) in [7, 11) is 0. The third-order valence-corrected chi connectivity index (χ3v) is 4.65. The minimum Gasteiger partial charge on any atom is -0.394 e. The highest BCUT2D eigenvalue weighted by atomic mass is 32.1. The Kier molecular flexibility index (Phi) is 3.79. The first-order chi connectivity index (χ1) is 10.1. The lowest BCUT2D eigenvalue weighted by atomic mass is 9.90. The number of hydrogen-bond acceptors (Lipinski definition) is 6. The molecule has 0 saturated carbocycles. The number of ether oxygens (including phenoxy) is 1. The zero-order chi connectivity index (χ0) is 14.9. The van der Waals surface area contributed by atoms with Gasteiger partial charge in [-0.3, -0.25) is 4.79 Å². The van der Waals surface area contributed by atoms with Crippen LogP contribution in [0.25, 0.3) is 10.2 Å². The minimum atomic E-state index is -0.586. The molecule has 2 aromatic rings. The number of hydrogen-bond donors (Lipinski definition) is 3. The summed E-state index contributed by atoms with van der Waals surface area (Å²) in [4.78, 5) is 16.6. The third-order valence-electron chi connectivity index (χ3n) is 3.80. The summed E-state index contributed by atoms with van der Waals surface area (Å²) in [5, 5.41) is 13.1. The van der Waals surface area contributed by atoms with Crippen LogP contribution in [0.2, 0.25) is 0 Å². The topological polar surface area (TPSA) is 97.5 Å². The van der Waals surface area contributed by atoms with Gasteiger partial charge in [-0.2, -0.15) is 0 Å². The Morgan fingerprint density at radius 3 is 2.95 bits per heavy atom. The number of nitrogens with zero attached hydrogens (tertiary/aromatic N) is 1. The Morgan fingerprint density at radius 1 is 1.48 bits per heavy atom. The number of thiazole rings is 1. The normalized spacial score (nSPS) is 17.8. The van der Waals surface area contributed by atoms with Crippen LogP contribution in [0.15, 0.2) is 18.2 Å². The van der Waals surface area contributed by atoms with Crippen LogP contribution in [0, 0.1) is 0 Å². The van der Waals surface area contributed by atoms with Crippen molar-refractivity contribution in [3.63, 3.8) is 0 Å². The molecule has 0 atom stereocenters. The maximum Gasteiger partial charge on any atom is 0.251 e. The van der Waals surface area contributed by atoms with Gasteiger partial charge in [0.25, 0.3) is 5.91 Å². The van der Waals surface area contributed by atoms with Gasteiger partial charge in [-0.05, 0) is 31.0 Å². The second-order valence-corrected chi connectivity index (χ2v) is 6.30. The second-order valence-electron chi connectivity index (χ2n) is 5.24. The molecule has 1 aliphatic heterocycles. The number of anilines is 1. The summed E-state index contributed by atoms with van der Waals surface area (Å²) in [6, 6.07) is 5.29. The first kappa shape index (κ1) is 14.2. The van der Waals surface area contributed by atoms with E-state index in [-0.39, 0.29) is 12.5 Å². The second kappa shape index (κ2) is 5.59. The van der Waals surface area contributed by atoms with Gasteiger partial charge in [-0.25, -0.2) is 4.98 Å². The number of aromatic nitrogens is 1. The lowest BCUT2D eigenvalue weighted by molar-refractivity contribution is 0.0125. The molecule has 0 bridgehead atoms. The Hall–Kier alpha value is -1.70. The molecule has 1 fully saturated rings. The van der Waals surface area contributed by atoms with Crippen LogP contribution in [0.1, 0.15) is 23.2 Å². The summed E-state index contributed by atoms with van der Waals surface area (Å²) in [6.45, 7) is 1.01. The molecule has 1 amide bonds. The first-order valence-electron chi connectivity index (χ1n) is 6.79. The van der Waals surface area contributed by atoms with Gasteiger partial charge in [0, 0.05) is 18.8 Å². The molecule has 0 unspecified atom stereocenters. The van der Waals surface area contributed by atoms with Gasteiger partial charge in [0.1, 0.15) is 0 Å². The van der Waals surface area contributed by atoms with E-state index in [9.17, 15) is 9.90 Å². The van der Waals surface area contributed by atoms with Crippen LogP contribution in [-0.2, 0) is 4.74 Å². The Balaban J connectivity index is 1.82. The van der Waals surface area contributed by atoms with E-state index in [0.29, 0.717) is 36.8 Å². The van der Waals surface area contributed by atoms with Gasteiger partial charge in [-0.15, -0.1) is 0 Å². The number of nitrogens with one attached hydrogen (secondary N) is 1. The van der Waals surface area contributed by atoms with Crippen LogP contribution in [0.3, 0.4) is 0 Å². The molecular weight excluding hydrogens is 290 g/mol. The molecule has 2 heterocycles. The monoisotopic (exact) mass is 307 g/mol. The predicted octanol–water partition coefficient (Wildman–Crippen LogP) is 1.15. The molecule has 3 rings (SSSR count). The van der Waals surface area contributed by atoms with E-state index in [4.69, 9.17) is 10.5 Å². The highest BCUT2D eigenvalue weighted by Gasteiger charge is 2.33. The van der Waals surface area contributed by atoms with Crippen LogP contribution >= 0.6 is 11.3 Å². The average molecular weight is 307 g/mol. The molecule has 1 saturated heterocycles. The van der Waals surface area contributed by atoms with E-state index in [1.54, 1.807) is 18.2 Å². The summed E-state index contributed by atoms with van der Waals surface area (Å²) in [6.07, 6.45) is 1.23. The Bertz CT molecular complexity index is 665. The van der Waals surface area contributed by atoms with E-state index in [0.717, 1.165) is 10.2 Å². The van der Waals surface area contributed by atoms with Gasteiger partial charge in [0.15, 0.2) is 5.13 Å². The van der Waals surface area contributed by atoms with E-state index in [1.807, 2.05) is 0 Å². The Labute approximate surface area is 125 Å². The summed E-state index contributed by atoms with van der Waals surface area (Å²) in [5.41, 5.74) is 6.42. The first-order valence-corrected chi connectivity index (χ1v) is 7.61. The van der Waals surface area contributed by atoms with Crippen molar-refractivity contribution in [3.8, 4) is 0 Å². The molecule has 7 heteroatoms. The SMILES string of the molecule is Nc1nc2ccc(C(=O)NC3(CO)CCOCC3)cc2s1. The number of aliphatic hydroxyl groups excluding tert-OH is 1. The number of carbonyl (C=O) groups excluding carboxylic acids is 1. The quantitative estimate of drug-likeness (QED) is 0.790. The fourth-order valence-electron chi connectivity index (χ4n) is 2.48. The summed E-state index contributed by atoms with van der Waals surface area (Å²) < 4.78 is 6.17. The fourth-order valence-corrected chi connectivity index (χ4v) is 3.25. The minimum absolute atomic E-state index is 0.0855. The van der Waals surface area contributed by atoms with Crippen molar-refractivity contribution in [2.24, 2.45) is 0 Å². The van der Waals surface area contributed by atoms with Gasteiger partial charge in [0.2, 0.25) is 0 Å². The van der Waals surface area contributed by atoms with E-state index < -0.39 is 5.54 Å². The van der Waals surface area contributed by atoms with Crippen LogP contribution in [0.5, 0.6) is 0 Å². The van der Waals surface area contributed by atoms with Crippen molar-refractivity contribution in [1.82, 2.24) is 10.3 Å². The van der Waals surface area contributed by atoms with Crippen molar-refractivity contribution in [2.75, 3.05) is 25.6 Å². The highest BCUT2D eigenvalue weighted by Crippen LogP contribution is 2.25. The van der Waals surface area contributed by atoms with Crippen LogP contribution < -0.4 is 11.1 Å². The molecule has 112 valence electrons. The van der Waals surface area contributed by atoms with Gasteiger partial charge in [-0.1, -0.05) is 11.3 Å². The number of rotatable bonds is 3. The van der Waals surface area contributed by atoms with Gasteiger partial charge < -0.3 is 20.9 Å². The maximum atomic E-state index is 12.4. The van der Waals surface area contributed by atoms with E-state index in [2.05, 4.69) is 10.3 Å². The average Bonchev–Trinajstić information content (AvgIpc) is 2.87. The molecule has 1 aromatic heterocycles. The summed E-state index contributed by atoms with van der Waals surface area (Å²) >= 11 is 1.35. The van der Waals surface area contributed by atoms with Gasteiger partial charge in [0.05, 0.1) is 22.4 Å². The molecular formula is C14H17N3O3S. The predicted molar refractivity (Wildman–Crippen MR) is 81.4 cm³/mol. The number of aliphatic hydroxyl groups is 1. The lowest BCUT2D eigenvalue weighted by Crippen LogP contribution is -2.54. The zero-order valence-electron chi connectivity index (χ0n) is 11.5. The molecule has 0 spiro atoms. The molecule has 21 heavy (non-hydrogen) atoms. The molecule has 0 radical (unpaired) electrons. The van der Waals surface area contributed by atoms with Crippen molar-refractivity contribution in [2.45, 2.75) is 18.4 Å². The summed E-state index contributed by atoms with van der Waals surface area (Å²) in [5.74, 6) is -0.195. The number of nitrogen functional groups attached to an aromatic ring is 1. The van der Waals surface area contributed by atoms with Crippen molar-refractivity contribution < 1.29 is 14.6 Å². The maximum absolute atomic E-state index is 12.4. The van der Waals surface area contributed by atoms with Crippen molar-refractivity contribution in [1.29, 1.82) is 0 Å². The van der Waals surface area contributed by atoms with Crippen molar-refractivity contribution >= 4 is 32.6 Å². The van der Waals surface area contributed by atoms with Crippen molar-refractivity contribution in [3.05, 3.63) is 23.8 Å². The standard InChI is InChI=1S/C14H17N3O3S/c15-13-16-10-2-1-9(7-11(10)21-13)12(19)17-14(8-18)3-5-20-6-4-14/h1-2,7,18H,3-6,8H2,(H2,15,16)(H,17,19). The molecule has 1 aromatic carbocycles. The fraction of sp³-hybridized carbons (Fsp3) is 0.429. The van der Waals surface area contributed by atoms with E-state index >= 15 is 0 Å². The number of benzene rings is 1. The molecule has 6 nitrogen and oxygen atoms in total. The number of carbonyl (C=O) groups is 1. The van der Waals surface area contributed by atoms with E-state index in [1.165, 1.54) is 11.3 Å². The smallest absolute Gasteiger partial charge is 0.251 e. The number of nitrogens with two attached hydrogens (primary N) is 1. The van der Waals surface area contributed by atoms with Gasteiger partial charge >= 0.3 is 0 Å². The zero-order valence-corrected chi connectivity index (χ0v) is 12.3. The molecule has 4 N–H and O–H groups in total. The Morgan fingerprint density at radius 2 is 2.24 bits per heavy atom. The third kappa shape index (κ3) is 2.85.